The number of nitrogens with one attached hydrogen (secondary N) is 2. The SMILES string of the molecule is O=C(NCC1CNC1)C1(c2ccc(Cl)cc2)CC1. The Hall–Kier alpha value is -1.06. The molecule has 1 aliphatic heterocycles. The largest absolute Gasteiger partial charge is 0.355 e. The lowest BCUT2D eigenvalue weighted by Gasteiger charge is -2.28. The van der Waals surface area contributed by atoms with Crippen molar-refractivity contribution >= 4 is 17.5 Å². The smallest absolute Gasteiger partial charge is 0.230 e. The van der Waals surface area contributed by atoms with E-state index in [2.05, 4.69) is 10.6 Å². The number of halogens is 1. The molecule has 2 fully saturated rings. The van der Waals surface area contributed by atoms with E-state index in [1.54, 1.807) is 0 Å². The highest BCUT2D eigenvalue weighted by Crippen LogP contribution is 2.48. The maximum Gasteiger partial charge on any atom is 0.230 e. The number of hydrogen-bond acceptors (Lipinski definition) is 2. The highest BCUT2D eigenvalue weighted by atomic mass is 35.5. The van der Waals surface area contributed by atoms with E-state index in [-0.39, 0.29) is 11.3 Å². The molecule has 2 aliphatic rings. The quantitative estimate of drug-likeness (QED) is 0.869. The van der Waals surface area contributed by atoms with Gasteiger partial charge in [-0.15, -0.1) is 0 Å². The third-order valence-electron chi connectivity index (χ3n) is 4.00. The van der Waals surface area contributed by atoms with Gasteiger partial charge in [0.1, 0.15) is 0 Å². The summed E-state index contributed by atoms with van der Waals surface area (Å²) < 4.78 is 0. The van der Waals surface area contributed by atoms with Gasteiger partial charge in [0, 0.05) is 30.6 Å². The lowest BCUT2D eigenvalue weighted by molar-refractivity contribution is -0.123. The van der Waals surface area contributed by atoms with E-state index in [4.69, 9.17) is 11.6 Å². The normalized spacial score (nSPS) is 21.2. The van der Waals surface area contributed by atoms with Crippen LogP contribution in [-0.4, -0.2) is 25.5 Å². The Morgan fingerprint density at radius 1 is 1.33 bits per heavy atom. The molecule has 4 heteroatoms. The maximum absolute atomic E-state index is 12.3. The third-order valence-corrected chi connectivity index (χ3v) is 4.25. The lowest BCUT2D eigenvalue weighted by atomic mass is 9.94. The molecule has 0 spiro atoms. The Balaban J connectivity index is 1.66. The molecule has 0 aromatic heterocycles. The van der Waals surface area contributed by atoms with E-state index >= 15 is 0 Å². The molecule has 0 atom stereocenters. The number of carbonyl (C=O) groups excluding carboxylic acids is 1. The van der Waals surface area contributed by atoms with Crippen LogP contribution >= 0.6 is 11.6 Å². The maximum atomic E-state index is 12.3. The number of carbonyl (C=O) groups is 1. The second kappa shape index (κ2) is 4.56. The average molecular weight is 265 g/mol. The highest BCUT2D eigenvalue weighted by molar-refractivity contribution is 6.30. The monoisotopic (exact) mass is 264 g/mol. The Bertz CT molecular complexity index is 449. The van der Waals surface area contributed by atoms with Crippen molar-refractivity contribution in [2.45, 2.75) is 18.3 Å². The summed E-state index contributed by atoms with van der Waals surface area (Å²) in [6, 6.07) is 7.67. The van der Waals surface area contributed by atoms with Crippen LogP contribution in [0.15, 0.2) is 24.3 Å². The van der Waals surface area contributed by atoms with Crippen molar-refractivity contribution in [3.63, 3.8) is 0 Å². The molecule has 96 valence electrons. The minimum atomic E-state index is -0.276. The van der Waals surface area contributed by atoms with E-state index in [0.29, 0.717) is 5.92 Å². The average Bonchev–Trinajstić information content (AvgIpc) is 3.09. The minimum Gasteiger partial charge on any atom is -0.355 e. The molecule has 1 aromatic rings. The van der Waals surface area contributed by atoms with Gasteiger partial charge in [0.25, 0.3) is 0 Å². The van der Waals surface area contributed by atoms with Crippen LogP contribution in [0.4, 0.5) is 0 Å². The Morgan fingerprint density at radius 2 is 2.00 bits per heavy atom. The van der Waals surface area contributed by atoms with Crippen molar-refractivity contribution in [2.24, 2.45) is 5.92 Å². The molecule has 0 bridgehead atoms. The number of amides is 1. The fraction of sp³-hybridized carbons (Fsp3) is 0.500. The van der Waals surface area contributed by atoms with Crippen LogP contribution in [0.5, 0.6) is 0 Å². The fourth-order valence-corrected chi connectivity index (χ4v) is 2.57. The fourth-order valence-electron chi connectivity index (χ4n) is 2.44. The summed E-state index contributed by atoms with van der Waals surface area (Å²) in [7, 11) is 0. The van der Waals surface area contributed by atoms with Crippen LogP contribution in [0.3, 0.4) is 0 Å². The third kappa shape index (κ3) is 2.13. The van der Waals surface area contributed by atoms with Gasteiger partial charge in [0.05, 0.1) is 5.41 Å². The van der Waals surface area contributed by atoms with Gasteiger partial charge in [0.2, 0.25) is 5.91 Å². The van der Waals surface area contributed by atoms with Gasteiger partial charge < -0.3 is 10.6 Å². The molecule has 3 nitrogen and oxygen atoms in total. The van der Waals surface area contributed by atoms with Crippen molar-refractivity contribution in [3.8, 4) is 0 Å². The molecule has 1 heterocycles. The van der Waals surface area contributed by atoms with Gasteiger partial charge in [-0.1, -0.05) is 23.7 Å². The molecule has 0 radical (unpaired) electrons. The van der Waals surface area contributed by atoms with E-state index < -0.39 is 0 Å². The van der Waals surface area contributed by atoms with Gasteiger partial charge >= 0.3 is 0 Å². The molecule has 1 aliphatic carbocycles. The molecule has 3 rings (SSSR count). The van der Waals surface area contributed by atoms with Gasteiger partial charge in [-0.05, 0) is 30.5 Å². The zero-order valence-electron chi connectivity index (χ0n) is 10.2. The van der Waals surface area contributed by atoms with Gasteiger partial charge in [-0.25, -0.2) is 0 Å². The number of rotatable bonds is 4. The first-order chi connectivity index (χ1) is 8.71. The Morgan fingerprint density at radius 3 is 2.50 bits per heavy atom. The van der Waals surface area contributed by atoms with Crippen molar-refractivity contribution in [2.75, 3.05) is 19.6 Å². The van der Waals surface area contributed by atoms with Crippen LogP contribution in [0, 0.1) is 5.92 Å². The van der Waals surface area contributed by atoms with Gasteiger partial charge in [-0.3, -0.25) is 4.79 Å². The Labute approximate surface area is 112 Å². The number of hydrogen-bond donors (Lipinski definition) is 2. The van der Waals surface area contributed by atoms with E-state index in [9.17, 15) is 4.79 Å². The zero-order chi connectivity index (χ0) is 12.6. The lowest BCUT2D eigenvalue weighted by Crippen LogP contribution is -2.49. The second-order valence-electron chi connectivity index (χ2n) is 5.32. The molecule has 1 aromatic carbocycles. The predicted molar refractivity (Wildman–Crippen MR) is 71.7 cm³/mol. The molecule has 0 unspecified atom stereocenters. The van der Waals surface area contributed by atoms with Gasteiger partial charge in [0.15, 0.2) is 0 Å². The Kier molecular flexibility index (Phi) is 3.04. The molecule has 2 N–H and O–H groups in total. The van der Waals surface area contributed by atoms with Crippen molar-refractivity contribution in [1.82, 2.24) is 10.6 Å². The zero-order valence-corrected chi connectivity index (χ0v) is 11.0. The first kappa shape index (κ1) is 12.0. The standard InChI is InChI=1S/C14H17ClN2O/c15-12-3-1-11(2-4-12)14(5-6-14)13(18)17-9-10-7-16-8-10/h1-4,10,16H,5-9H2,(H,17,18). The second-order valence-corrected chi connectivity index (χ2v) is 5.76. The van der Waals surface area contributed by atoms with E-state index in [1.807, 2.05) is 24.3 Å². The first-order valence-electron chi connectivity index (χ1n) is 6.46. The number of benzene rings is 1. The summed E-state index contributed by atoms with van der Waals surface area (Å²) in [6.07, 6.45) is 1.90. The highest BCUT2D eigenvalue weighted by Gasteiger charge is 2.51. The summed E-state index contributed by atoms with van der Waals surface area (Å²) in [5.41, 5.74) is 0.818. The van der Waals surface area contributed by atoms with Crippen LogP contribution < -0.4 is 10.6 Å². The topological polar surface area (TPSA) is 41.1 Å². The molecule has 1 saturated heterocycles. The van der Waals surface area contributed by atoms with Gasteiger partial charge in [-0.2, -0.15) is 0 Å². The van der Waals surface area contributed by atoms with Crippen molar-refractivity contribution in [3.05, 3.63) is 34.9 Å². The molecule has 1 saturated carbocycles. The van der Waals surface area contributed by atoms with E-state index in [1.165, 1.54) is 0 Å². The minimum absolute atomic E-state index is 0.178. The van der Waals surface area contributed by atoms with Crippen molar-refractivity contribution in [1.29, 1.82) is 0 Å². The summed E-state index contributed by atoms with van der Waals surface area (Å²) in [6.45, 7) is 2.84. The van der Waals surface area contributed by atoms with Crippen LogP contribution in [-0.2, 0) is 10.2 Å². The summed E-state index contributed by atoms with van der Waals surface area (Å²) >= 11 is 5.88. The van der Waals surface area contributed by atoms with Crippen LogP contribution in [0.1, 0.15) is 18.4 Å². The first-order valence-corrected chi connectivity index (χ1v) is 6.83. The summed E-state index contributed by atoms with van der Waals surface area (Å²) in [4.78, 5) is 12.3. The van der Waals surface area contributed by atoms with Crippen LogP contribution in [0.25, 0.3) is 0 Å². The summed E-state index contributed by atoms with van der Waals surface area (Å²) in [5, 5.41) is 7.02. The van der Waals surface area contributed by atoms with Crippen LogP contribution in [0.2, 0.25) is 5.02 Å². The predicted octanol–water partition coefficient (Wildman–Crippen LogP) is 1.71. The molecular weight excluding hydrogens is 248 g/mol. The van der Waals surface area contributed by atoms with E-state index in [0.717, 1.165) is 43.1 Å². The molecular formula is C14H17ClN2O. The van der Waals surface area contributed by atoms with Crippen molar-refractivity contribution < 1.29 is 4.79 Å². The summed E-state index contributed by atoms with van der Waals surface area (Å²) in [5.74, 6) is 0.784. The molecule has 18 heavy (non-hydrogen) atoms. The molecule has 1 amide bonds.